The molecule has 1 amide bonds. The van der Waals surface area contributed by atoms with E-state index in [0.29, 0.717) is 22.4 Å². The summed E-state index contributed by atoms with van der Waals surface area (Å²) >= 11 is 13.6. The van der Waals surface area contributed by atoms with E-state index in [9.17, 15) is 13.2 Å². The average Bonchev–Trinajstić information content (AvgIpc) is 3.14. The maximum absolute atomic E-state index is 13.0. The second-order valence-electron chi connectivity index (χ2n) is 5.56. The van der Waals surface area contributed by atoms with E-state index in [2.05, 4.69) is 10.3 Å². The van der Waals surface area contributed by atoms with E-state index in [-0.39, 0.29) is 15.5 Å². The van der Waals surface area contributed by atoms with Crippen LogP contribution in [0.3, 0.4) is 0 Å². The van der Waals surface area contributed by atoms with Crippen molar-refractivity contribution in [3.8, 4) is 0 Å². The van der Waals surface area contributed by atoms with Crippen LogP contribution >= 0.6 is 35.0 Å². The molecular weight excluding hydrogens is 429 g/mol. The van der Waals surface area contributed by atoms with Crippen LogP contribution in [0.1, 0.15) is 10.4 Å². The van der Waals surface area contributed by atoms with Crippen molar-refractivity contribution in [1.82, 2.24) is 5.32 Å². The minimum absolute atomic E-state index is 0.0560. The number of amidine groups is 1. The summed E-state index contributed by atoms with van der Waals surface area (Å²) < 4.78 is 27.0. The molecule has 0 aromatic heterocycles. The molecule has 1 N–H and O–H groups in total. The Hall–Kier alpha value is -1.74. The van der Waals surface area contributed by atoms with Gasteiger partial charge in [-0.25, -0.2) is 8.42 Å². The van der Waals surface area contributed by atoms with Crippen LogP contribution < -0.4 is 9.62 Å². The van der Waals surface area contributed by atoms with E-state index in [1.165, 1.54) is 37.0 Å². The summed E-state index contributed by atoms with van der Waals surface area (Å²) in [7, 11) is -2.54. The van der Waals surface area contributed by atoms with Crippen molar-refractivity contribution < 1.29 is 13.2 Å². The summed E-state index contributed by atoms with van der Waals surface area (Å²) in [5, 5.41) is 3.59. The van der Waals surface area contributed by atoms with Crippen LogP contribution in [0, 0.1) is 0 Å². The molecule has 27 heavy (non-hydrogen) atoms. The van der Waals surface area contributed by atoms with Gasteiger partial charge in [0, 0.05) is 12.8 Å². The summed E-state index contributed by atoms with van der Waals surface area (Å²) in [4.78, 5) is 16.5. The van der Waals surface area contributed by atoms with Gasteiger partial charge in [0.25, 0.3) is 15.9 Å². The molecule has 2 aromatic carbocycles. The van der Waals surface area contributed by atoms with E-state index in [4.69, 9.17) is 23.2 Å². The Balaban J connectivity index is 1.94. The number of nitrogens with one attached hydrogen (secondary N) is 1. The number of aliphatic imine (C=N–C) groups is 1. The lowest BCUT2D eigenvalue weighted by atomic mass is 10.2. The standard InChI is InChI=1S/C17H15Cl2N3O3S2/c1-22(15-5-3-2-4-14(15)19)27(24,25)11-6-7-13(18)12(10-11)16(23)21-17-20-8-9-26-17/h2-7,10H,8-9H2,1H3,(H,20,21,23). The highest BCUT2D eigenvalue weighted by Crippen LogP contribution is 2.30. The molecule has 3 rings (SSSR count). The summed E-state index contributed by atoms with van der Waals surface area (Å²) in [5.41, 5.74) is 0.386. The Kier molecular flexibility index (Phi) is 6.00. The van der Waals surface area contributed by atoms with E-state index in [1.807, 2.05) is 0 Å². The molecule has 1 aliphatic heterocycles. The number of amides is 1. The van der Waals surface area contributed by atoms with Crippen LogP contribution in [0.25, 0.3) is 0 Å². The smallest absolute Gasteiger partial charge is 0.264 e. The van der Waals surface area contributed by atoms with E-state index >= 15 is 0 Å². The van der Waals surface area contributed by atoms with Gasteiger partial charge >= 0.3 is 0 Å². The van der Waals surface area contributed by atoms with Gasteiger partial charge in [-0.2, -0.15) is 0 Å². The maximum atomic E-state index is 13.0. The summed E-state index contributed by atoms with van der Waals surface area (Å²) in [6.45, 7) is 0.630. The SMILES string of the molecule is CN(c1ccccc1Cl)S(=O)(=O)c1ccc(Cl)c(C(=O)NC2=NCCS2)c1. The molecule has 10 heteroatoms. The molecule has 0 saturated carbocycles. The fourth-order valence-electron chi connectivity index (χ4n) is 2.41. The van der Waals surface area contributed by atoms with Gasteiger partial charge in [0.1, 0.15) is 0 Å². The molecule has 0 atom stereocenters. The first kappa shape index (κ1) is 20.0. The number of halogens is 2. The third-order valence-electron chi connectivity index (χ3n) is 3.84. The maximum Gasteiger partial charge on any atom is 0.264 e. The quantitative estimate of drug-likeness (QED) is 0.781. The van der Waals surface area contributed by atoms with Crippen molar-refractivity contribution in [2.75, 3.05) is 23.7 Å². The Morgan fingerprint density at radius 1 is 1.19 bits per heavy atom. The second-order valence-corrected chi connectivity index (χ2v) is 9.42. The number of nitrogens with zero attached hydrogens (tertiary/aromatic N) is 2. The number of carbonyl (C=O) groups is 1. The molecule has 0 radical (unpaired) electrons. The lowest BCUT2D eigenvalue weighted by Gasteiger charge is -2.21. The van der Waals surface area contributed by atoms with Crippen molar-refractivity contribution in [1.29, 1.82) is 0 Å². The molecule has 1 heterocycles. The lowest BCUT2D eigenvalue weighted by molar-refractivity contribution is 0.0978. The largest absolute Gasteiger partial charge is 0.301 e. The minimum atomic E-state index is -3.94. The third kappa shape index (κ3) is 4.24. The van der Waals surface area contributed by atoms with Crippen molar-refractivity contribution in [2.45, 2.75) is 4.90 Å². The van der Waals surface area contributed by atoms with Crippen molar-refractivity contribution in [3.05, 3.63) is 58.1 Å². The number of thioether (sulfide) groups is 1. The fourth-order valence-corrected chi connectivity index (χ4v) is 4.89. The molecule has 2 aromatic rings. The number of anilines is 1. The lowest BCUT2D eigenvalue weighted by Crippen LogP contribution is -2.29. The third-order valence-corrected chi connectivity index (χ3v) is 7.15. The summed E-state index contributed by atoms with van der Waals surface area (Å²) in [6.07, 6.45) is 0. The Labute approximate surface area is 171 Å². The van der Waals surface area contributed by atoms with Crippen LogP contribution in [0.5, 0.6) is 0 Å². The molecule has 0 spiro atoms. The molecule has 142 valence electrons. The predicted molar refractivity (Wildman–Crippen MR) is 111 cm³/mol. The summed E-state index contributed by atoms with van der Waals surface area (Å²) in [5.74, 6) is 0.283. The second kappa shape index (κ2) is 8.10. The molecule has 0 fully saturated rings. The number of hydrogen-bond donors (Lipinski definition) is 1. The molecule has 0 saturated heterocycles. The minimum Gasteiger partial charge on any atom is -0.301 e. The van der Waals surface area contributed by atoms with Gasteiger partial charge in [-0.3, -0.25) is 14.1 Å². The Morgan fingerprint density at radius 2 is 1.93 bits per heavy atom. The number of rotatable bonds is 4. The number of benzene rings is 2. The van der Waals surface area contributed by atoms with Crippen molar-refractivity contribution in [2.24, 2.45) is 4.99 Å². The Morgan fingerprint density at radius 3 is 2.59 bits per heavy atom. The van der Waals surface area contributed by atoms with Crippen LogP contribution in [0.15, 0.2) is 52.4 Å². The van der Waals surface area contributed by atoms with E-state index < -0.39 is 15.9 Å². The molecule has 0 aliphatic carbocycles. The van der Waals surface area contributed by atoms with Gasteiger partial charge in [0.15, 0.2) is 5.17 Å². The van der Waals surface area contributed by atoms with Crippen LogP contribution in [-0.4, -0.2) is 38.8 Å². The molecule has 1 aliphatic rings. The molecule has 6 nitrogen and oxygen atoms in total. The monoisotopic (exact) mass is 443 g/mol. The van der Waals surface area contributed by atoms with Gasteiger partial charge < -0.3 is 5.32 Å². The first-order valence-corrected chi connectivity index (χ1v) is 11.0. The van der Waals surface area contributed by atoms with Crippen LogP contribution in [0.2, 0.25) is 10.0 Å². The van der Waals surface area contributed by atoms with E-state index in [0.717, 1.165) is 10.1 Å². The fraction of sp³-hybridized carbons (Fsp3) is 0.176. The van der Waals surface area contributed by atoms with Gasteiger partial charge in [0.2, 0.25) is 0 Å². The number of para-hydroxylation sites is 1. The normalized spacial score (nSPS) is 14.0. The highest BCUT2D eigenvalue weighted by Gasteiger charge is 2.25. The summed E-state index contributed by atoms with van der Waals surface area (Å²) in [6, 6.07) is 10.6. The topological polar surface area (TPSA) is 78.8 Å². The highest BCUT2D eigenvalue weighted by molar-refractivity contribution is 8.14. The highest BCUT2D eigenvalue weighted by atomic mass is 35.5. The predicted octanol–water partition coefficient (Wildman–Crippen LogP) is 3.65. The van der Waals surface area contributed by atoms with Crippen molar-refractivity contribution in [3.63, 3.8) is 0 Å². The first-order chi connectivity index (χ1) is 12.8. The van der Waals surface area contributed by atoms with Gasteiger partial charge in [-0.1, -0.05) is 47.1 Å². The zero-order valence-corrected chi connectivity index (χ0v) is 17.3. The molecular formula is C17H15Cl2N3O3S2. The van der Waals surface area contributed by atoms with Gasteiger partial charge in [-0.15, -0.1) is 0 Å². The number of sulfonamides is 1. The zero-order chi connectivity index (χ0) is 19.6. The molecule has 0 unspecified atom stereocenters. The Bertz CT molecular complexity index is 1030. The number of carbonyl (C=O) groups excluding carboxylic acids is 1. The molecule has 0 bridgehead atoms. The van der Waals surface area contributed by atoms with Gasteiger partial charge in [-0.05, 0) is 30.3 Å². The zero-order valence-electron chi connectivity index (χ0n) is 14.1. The van der Waals surface area contributed by atoms with Crippen molar-refractivity contribution >= 4 is 61.7 Å². The number of hydrogen-bond acceptors (Lipinski definition) is 5. The first-order valence-electron chi connectivity index (χ1n) is 7.82. The van der Waals surface area contributed by atoms with E-state index in [1.54, 1.807) is 24.3 Å². The van der Waals surface area contributed by atoms with Crippen LogP contribution in [0.4, 0.5) is 5.69 Å². The van der Waals surface area contributed by atoms with Gasteiger partial charge in [0.05, 0.1) is 32.7 Å². The van der Waals surface area contributed by atoms with Crippen LogP contribution in [-0.2, 0) is 10.0 Å². The average molecular weight is 444 g/mol.